The summed E-state index contributed by atoms with van der Waals surface area (Å²) in [5.41, 5.74) is -19.6. The normalized spacial score (nSPS) is 13.3. The van der Waals surface area contributed by atoms with Gasteiger partial charge >= 0.3 is 24.7 Å². The molecular weight excluding hydrogens is 656 g/mol. The van der Waals surface area contributed by atoms with E-state index >= 15 is 0 Å². The van der Waals surface area contributed by atoms with Crippen LogP contribution in [-0.4, -0.2) is 9.13 Å². The summed E-state index contributed by atoms with van der Waals surface area (Å²) in [6.07, 6.45) is -23.1. The highest BCUT2D eigenvalue weighted by Gasteiger charge is 2.47. The van der Waals surface area contributed by atoms with Crippen molar-refractivity contribution in [2.24, 2.45) is 0 Å². The minimum Gasteiger partial charge on any atom is -0.268 e. The van der Waals surface area contributed by atoms with Crippen LogP contribution in [0.15, 0.2) is 55.6 Å². The fourth-order valence-corrected chi connectivity index (χ4v) is 5.42. The van der Waals surface area contributed by atoms with Gasteiger partial charge in [-0.05, 0) is 55.3 Å². The van der Waals surface area contributed by atoms with Crippen LogP contribution in [0.2, 0.25) is 0 Å². The summed E-state index contributed by atoms with van der Waals surface area (Å²) in [5.74, 6) is 0. The van der Waals surface area contributed by atoms with E-state index in [4.69, 9.17) is 0 Å². The Morgan fingerprint density at radius 3 is 0.957 bits per heavy atom. The summed E-state index contributed by atoms with van der Waals surface area (Å²) in [6, 6.07) is 2.66. The molecule has 0 radical (unpaired) electrons. The Hall–Kier alpha value is -4.90. The highest BCUT2D eigenvalue weighted by Crippen LogP contribution is 2.44. The Morgan fingerprint density at radius 2 is 0.696 bits per heavy atom. The van der Waals surface area contributed by atoms with Crippen LogP contribution in [0.25, 0.3) is 32.9 Å². The zero-order valence-corrected chi connectivity index (χ0v) is 22.5. The molecule has 46 heavy (non-hydrogen) atoms. The number of nitrogens with zero attached hydrogens (tertiary/aromatic N) is 2. The number of aromatic nitrogens is 2. The van der Waals surface area contributed by atoms with Gasteiger partial charge in [-0.25, -0.2) is 9.13 Å². The second kappa shape index (κ2) is 9.80. The average molecular weight is 668 g/mol. The van der Waals surface area contributed by atoms with Crippen molar-refractivity contribution in [1.29, 1.82) is 0 Å². The van der Waals surface area contributed by atoms with Crippen LogP contribution in [0.1, 0.15) is 33.4 Å². The lowest BCUT2D eigenvalue weighted by Crippen LogP contribution is -2.26. The van der Waals surface area contributed by atoms with Gasteiger partial charge in [-0.3, -0.25) is 19.2 Å². The van der Waals surface area contributed by atoms with E-state index in [-0.39, 0.29) is 16.7 Å². The quantitative estimate of drug-likeness (QED) is 0.199. The predicted octanol–water partition coefficient (Wildman–Crippen LogP) is 6.58. The lowest BCUT2D eigenvalue weighted by Gasteiger charge is -2.14. The van der Waals surface area contributed by atoms with Crippen LogP contribution in [0.4, 0.5) is 52.7 Å². The Morgan fingerprint density at radius 1 is 0.413 bits per heavy atom. The molecule has 6 nitrogen and oxygen atoms in total. The summed E-state index contributed by atoms with van der Waals surface area (Å²) >= 11 is 0. The predicted molar refractivity (Wildman–Crippen MR) is 137 cm³/mol. The standard InChI is InChI=1S/C28H12F12N2O4/c1-9-3-10(2)5-13(4-9)41-21(43)15-16(22(41)44)20(28(38,39)40)18-17(19(15)27(35,36)37)23(45)42(24(18)46)14-7-11(25(29,30)31)6-12(8-14)26(32,33)34/h3-8H,1-2H3. The molecule has 0 bridgehead atoms. The zero-order chi connectivity index (χ0) is 34.6. The number of hydrogen-bond donors (Lipinski definition) is 0. The van der Waals surface area contributed by atoms with Crippen LogP contribution in [0, 0.1) is 13.8 Å². The maximum atomic E-state index is 14.6. The number of halogens is 12. The van der Waals surface area contributed by atoms with Gasteiger partial charge in [-0.2, -0.15) is 52.7 Å². The largest absolute Gasteiger partial charge is 0.418 e. The van der Waals surface area contributed by atoms with E-state index in [2.05, 4.69) is 0 Å². The Kier molecular flexibility index (Phi) is 6.92. The number of benzene rings is 3. The summed E-state index contributed by atoms with van der Waals surface area (Å²) in [5, 5.41) is -8.33. The molecule has 0 aliphatic rings. The minimum absolute atomic E-state index is 0.0283. The second-order valence-corrected chi connectivity index (χ2v) is 10.2. The van der Waals surface area contributed by atoms with Gasteiger partial charge in [0.1, 0.15) is 0 Å². The first-order chi connectivity index (χ1) is 20.9. The molecule has 0 aliphatic heterocycles. The molecule has 0 aliphatic carbocycles. The van der Waals surface area contributed by atoms with Gasteiger partial charge in [0.05, 0.1) is 55.2 Å². The van der Waals surface area contributed by atoms with Crippen molar-refractivity contribution in [3.05, 3.63) is 111 Å². The number of rotatable bonds is 2. The van der Waals surface area contributed by atoms with Crippen LogP contribution in [0.3, 0.4) is 0 Å². The van der Waals surface area contributed by atoms with Crippen molar-refractivity contribution < 1.29 is 52.7 Å². The van der Waals surface area contributed by atoms with Gasteiger partial charge in [0.15, 0.2) is 0 Å². The molecule has 2 aromatic heterocycles. The van der Waals surface area contributed by atoms with Crippen molar-refractivity contribution in [2.75, 3.05) is 0 Å². The lowest BCUT2D eigenvalue weighted by atomic mass is 9.96. The Bertz CT molecular complexity index is 2160. The number of fused-ring (bicyclic) bond motifs is 2. The molecule has 0 saturated heterocycles. The summed E-state index contributed by atoms with van der Waals surface area (Å²) < 4.78 is 168. The van der Waals surface area contributed by atoms with E-state index in [0.29, 0.717) is 11.1 Å². The third-order valence-electron chi connectivity index (χ3n) is 7.03. The average Bonchev–Trinajstić information content (AvgIpc) is 3.28. The smallest absolute Gasteiger partial charge is 0.268 e. The number of aryl methyl sites for hydroxylation is 2. The second-order valence-electron chi connectivity index (χ2n) is 10.2. The van der Waals surface area contributed by atoms with Crippen molar-refractivity contribution >= 4 is 21.5 Å². The van der Waals surface area contributed by atoms with Crippen molar-refractivity contribution in [3.8, 4) is 11.4 Å². The van der Waals surface area contributed by atoms with Crippen molar-refractivity contribution in [2.45, 2.75) is 38.6 Å². The SMILES string of the molecule is Cc1cc(C)cc(-n2c(=O)c3c(C(F)(F)F)c4c(=O)n(-c5cc(C(F)(F)F)cc(C(F)(F)F)c5)c(=O)c4c(C(F)(F)F)c3c2=O)c1. The third kappa shape index (κ3) is 4.95. The van der Waals surface area contributed by atoms with Gasteiger partial charge in [-0.1, -0.05) is 6.07 Å². The molecule has 242 valence electrons. The minimum atomic E-state index is -5.97. The van der Waals surface area contributed by atoms with Crippen molar-refractivity contribution in [3.63, 3.8) is 0 Å². The lowest BCUT2D eigenvalue weighted by molar-refractivity contribution is -0.143. The Balaban J connectivity index is 2.10. The van der Waals surface area contributed by atoms with Gasteiger partial charge in [0, 0.05) is 0 Å². The monoisotopic (exact) mass is 668 g/mol. The van der Waals surface area contributed by atoms with E-state index in [0.717, 1.165) is 12.1 Å². The molecule has 0 atom stereocenters. The summed E-state index contributed by atoms with van der Waals surface area (Å²) in [7, 11) is 0. The van der Waals surface area contributed by atoms with Crippen LogP contribution >= 0.6 is 0 Å². The van der Waals surface area contributed by atoms with Crippen LogP contribution in [0.5, 0.6) is 0 Å². The first-order valence-corrected chi connectivity index (χ1v) is 12.4. The van der Waals surface area contributed by atoms with Gasteiger partial charge < -0.3 is 0 Å². The van der Waals surface area contributed by atoms with E-state index in [9.17, 15) is 71.9 Å². The van der Waals surface area contributed by atoms with Crippen LogP contribution in [-0.2, 0) is 24.7 Å². The highest BCUT2D eigenvalue weighted by atomic mass is 19.4. The van der Waals surface area contributed by atoms with E-state index in [1.807, 2.05) is 0 Å². The van der Waals surface area contributed by atoms with E-state index < -0.39 is 113 Å². The van der Waals surface area contributed by atoms with Gasteiger partial charge in [0.2, 0.25) is 0 Å². The summed E-state index contributed by atoms with van der Waals surface area (Å²) in [4.78, 5) is 53.5. The maximum absolute atomic E-state index is 14.6. The number of alkyl halides is 12. The maximum Gasteiger partial charge on any atom is 0.418 e. The molecule has 5 rings (SSSR count). The molecule has 0 fully saturated rings. The van der Waals surface area contributed by atoms with E-state index in [1.165, 1.54) is 19.9 Å². The first-order valence-electron chi connectivity index (χ1n) is 12.4. The van der Waals surface area contributed by atoms with Crippen LogP contribution < -0.4 is 22.2 Å². The Labute approximate surface area is 245 Å². The van der Waals surface area contributed by atoms with Crippen molar-refractivity contribution in [1.82, 2.24) is 9.13 Å². The molecule has 2 heterocycles. The van der Waals surface area contributed by atoms with E-state index in [1.54, 1.807) is 0 Å². The molecular formula is C28H12F12N2O4. The third-order valence-corrected chi connectivity index (χ3v) is 7.03. The fraction of sp³-hybridized carbons (Fsp3) is 0.214. The topological polar surface area (TPSA) is 78.1 Å². The molecule has 0 saturated carbocycles. The number of hydrogen-bond acceptors (Lipinski definition) is 4. The molecule has 0 N–H and O–H groups in total. The fourth-order valence-electron chi connectivity index (χ4n) is 5.42. The molecule has 5 aromatic rings. The molecule has 0 spiro atoms. The highest BCUT2D eigenvalue weighted by molar-refractivity contribution is 6.07. The first kappa shape index (κ1) is 32.5. The summed E-state index contributed by atoms with van der Waals surface area (Å²) in [6.45, 7) is 2.85. The molecule has 3 aromatic carbocycles. The van der Waals surface area contributed by atoms with Gasteiger partial charge in [-0.15, -0.1) is 0 Å². The van der Waals surface area contributed by atoms with Gasteiger partial charge in [0.25, 0.3) is 22.2 Å². The zero-order valence-electron chi connectivity index (χ0n) is 22.5. The molecule has 18 heteroatoms. The molecule has 0 amide bonds. The molecule has 0 unspecified atom stereocenters.